The molecule has 0 aliphatic rings. The molecule has 90 valence electrons. The zero-order chi connectivity index (χ0) is 12.3. The zero-order valence-electron chi connectivity index (χ0n) is 9.40. The molecule has 0 saturated heterocycles. The van der Waals surface area contributed by atoms with E-state index in [1.807, 2.05) is 18.4 Å². The van der Waals surface area contributed by atoms with Crippen LogP contribution in [0.2, 0.25) is 0 Å². The van der Waals surface area contributed by atoms with Gasteiger partial charge in [-0.1, -0.05) is 11.3 Å². The van der Waals surface area contributed by atoms with Crippen LogP contribution >= 0.6 is 23.1 Å². The van der Waals surface area contributed by atoms with E-state index in [2.05, 4.69) is 10.3 Å². The second-order valence-corrected chi connectivity index (χ2v) is 5.53. The number of nitrogens with one attached hydrogen (secondary N) is 1. The molecule has 0 atom stereocenters. The van der Waals surface area contributed by atoms with Gasteiger partial charge in [-0.05, 0) is 24.5 Å². The van der Waals surface area contributed by atoms with Gasteiger partial charge in [-0.3, -0.25) is 4.79 Å². The highest BCUT2D eigenvalue weighted by Gasteiger charge is 2.07. The lowest BCUT2D eigenvalue weighted by molar-refractivity contribution is 0.0956. The van der Waals surface area contributed by atoms with Gasteiger partial charge in [0.05, 0.1) is 10.2 Å². The monoisotopic (exact) mass is 267 g/mol. The highest BCUT2D eigenvalue weighted by atomic mass is 32.2. The summed E-state index contributed by atoms with van der Waals surface area (Å²) in [5, 5.41) is 3.39. The average Bonchev–Trinajstić information content (AvgIpc) is 2.68. The fourth-order valence-electron chi connectivity index (χ4n) is 1.45. The number of aromatic nitrogens is 1. The number of nitrogens with zero attached hydrogens (tertiary/aromatic N) is 1. The number of fused-ring (bicyclic) bond motifs is 1. The summed E-state index contributed by atoms with van der Waals surface area (Å²) in [5.74, 6) is 0.870. The lowest BCUT2D eigenvalue weighted by atomic mass is 10.2. The first-order valence-electron chi connectivity index (χ1n) is 5.14. The maximum atomic E-state index is 11.8. The molecule has 4 nitrogen and oxygen atoms in total. The number of amides is 1. The third kappa shape index (κ3) is 2.89. The molecular formula is C11H13N3OS2. The van der Waals surface area contributed by atoms with Gasteiger partial charge in [0, 0.05) is 17.9 Å². The van der Waals surface area contributed by atoms with Gasteiger partial charge in [0.25, 0.3) is 5.91 Å². The predicted octanol–water partition coefficient (Wildman–Crippen LogP) is 1.97. The molecule has 0 aliphatic heterocycles. The second-order valence-electron chi connectivity index (χ2n) is 3.48. The molecular weight excluding hydrogens is 254 g/mol. The summed E-state index contributed by atoms with van der Waals surface area (Å²) in [7, 11) is 0. The Morgan fingerprint density at radius 3 is 3.18 bits per heavy atom. The van der Waals surface area contributed by atoms with Crippen LogP contribution in [0.4, 0.5) is 5.13 Å². The van der Waals surface area contributed by atoms with Gasteiger partial charge in [-0.2, -0.15) is 11.8 Å². The summed E-state index contributed by atoms with van der Waals surface area (Å²) in [5.41, 5.74) is 7.11. The molecule has 17 heavy (non-hydrogen) atoms. The Bertz CT molecular complexity index is 538. The van der Waals surface area contributed by atoms with E-state index in [9.17, 15) is 4.79 Å². The van der Waals surface area contributed by atoms with E-state index in [1.165, 1.54) is 11.3 Å². The summed E-state index contributed by atoms with van der Waals surface area (Å²) >= 11 is 3.10. The van der Waals surface area contributed by atoms with Gasteiger partial charge in [-0.25, -0.2) is 4.98 Å². The normalized spacial score (nSPS) is 10.6. The second kappa shape index (κ2) is 5.37. The van der Waals surface area contributed by atoms with Gasteiger partial charge in [-0.15, -0.1) is 0 Å². The van der Waals surface area contributed by atoms with Crippen molar-refractivity contribution >= 4 is 44.4 Å². The molecule has 0 saturated carbocycles. The molecule has 1 heterocycles. The van der Waals surface area contributed by atoms with Gasteiger partial charge >= 0.3 is 0 Å². The van der Waals surface area contributed by atoms with Crippen LogP contribution in [0.1, 0.15) is 10.4 Å². The van der Waals surface area contributed by atoms with Crippen molar-refractivity contribution in [2.24, 2.45) is 0 Å². The number of anilines is 1. The molecule has 1 aromatic carbocycles. The number of nitrogens with two attached hydrogens (primary N) is 1. The molecule has 0 fully saturated rings. The number of carbonyl (C=O) groups is 1. The number of nitrogen functional groups attached to an aromatic ring is 1. The molecule has 0 spiro atoms. The van der Waals surface area contributed by atoms with Crippen molar-refractivity contribution in [1.82, 2.24) is 10.3 Å². The predicted molar refractivity (Wildman–Crippen MR) is 74.7 cm³/mol. The standard InChI is InChI=1S/C11H13N3OS2/c1-16-5-4-13-10(15)7-2-3-8-9(6-7)17-11(12)14-8/h2-3,6H,4-5H2,1H3,(H2,12,14)(H,13,15). The number of hydrogen-bond acceptors (Lipinski definition) is 5. The van der Waals surface area contributed by atoms with Crippen molar-refractivity contribution < 1.29 is 4.79 Å². The smallest absolute Gasteiger partial charge is 0.251 e. The first-order valence-corrected chi connectivity index (χ1v) is 7.35. The summed E-state index contributed by atoms with van der Waals surface area (Å²) in [6.07, 6.45) is 2.01. The van der Waals surface area contributed by atoms with Crippen molar-refractivity contribution in [2.75, 3.05) is 24.3 Å². The molecule has 3 N–H and O–H groups in total. The average molecular weight is 267 g/mol. The minimum atomic E-state index is -0.0482. The molecule has 0 bridgehead atoms. The summed E-state index contributed by atoms with van der Waals surface area (Å²) < 4.78 is 0.944. The van der Waals surface area contributed by atoms with Crippen LogP contribution in [-0.2, 0) is 0 Å². The van der Waals surface area contributed by atoms with Crippen LogP contribution in [0.25, 0.3) is 10.2 Å². The Morgan fingerprint density at radius 1 is 1.59 bits per heavy atom. The lowest BCUT2D eigenvalue weighted by Gasteiger charge is -2.03. The number of carbonyl (C=O) groups excluding carboxylic acids is 1. The number of thiazole rings is 1. The van der Waals surface area contributed by atoms with E-state index in [0.29, 0.717) is 17.2 Å². The number of benzene rings is 1. The highest BCUT2D eigenvalue weighted by Crippen LogP contribution is 2.24. The van der Waals surface area contributed by atoms with Crippen molar-refractivity contribution in [3.05, 3.63) is 23.8 Å². The fourth-order valence-corrected chi connectivity index (χ4v) is 2.53. The Kier molecular flexibility index (Phi) is 3.86. The molecule has 0 radical (unpaired) electrons. The molecule has 6 heteroatoms. The van der Waals surface area contributed by atoms with Crippen LogP contribution in [0.3, 0.4) is 0 Å². The third-order valence-corrected chi connectivity index (χ3v) is 3.72. The van der Waals surface area contributed by atoms with E-state index < -0.39 is 0 Å². The van der Waals surface area contributed by atoms with Gasteiger partial charge in [0.2, 0.25) is 0 Å². The SMILES string of the molecule is CSCCNC(=O)c1ccc2nc(N)sc2c1. The largest absolute Gasteiger partial charge is 0.375 e. The number of rotatable bonds is 4. The van der Waals surface area contributed by atoms with E-state index >= 15 is 0 Å². The number of thioether (sulfide) groups is 1. The third-order valence-electron chi connectivity index (χ3n) is 2.26. The van der Waals surface area contributed by atoms with E-state index in [-0.39, 0.29) is 5.91 Å². The van der Waals surface area contributed by atoms with Crippen molar-refractivity contribution in [3.8, 4) is 0 Å². The highest BCUT2D eigenvalue weighted by molar-refractivity contribution is 7.98. The summed E-state index contributed by atoms with van der Waals surface area (Å²) in [6.45, 7) is 0.683. The van der Waals surface area contributed by atoms with Crippen LogP contribution in [0.5, 0.6) is 0 Å². The van der Waals surface area contributed by atoms with Crippen LogP contribution in [0.15, 0.2) is 18.2 Å². The zero-order valence-corrected chi connectivity index (χ0v) is 11.0. The number of hydrogen-bond donors (Lipinski definition) is 2. The first kappa shape index (κ1) is 12.2. The molecule has 1 amide bonds. The van der Waals surface area contributed by atoms with Crippen LogP contribution in [0, 0.1) is 0 Å². The van der Waals surface area contributed by atoms with Crippen molar-refractivity contribution in [1.29, 1.82) is 0 Å². The van der Waals surface area contributed by atoms with Crippen LogP contribution in [-0.4, -0.2) is 29.4 Å². The minimum absolute atomic E-state index is 0.0482. The molecule has 0 unspecified atom stereocenters. The molecule has 2 rings (SSSR count). The fraction of sp³-hybridized carbons (Fsp3) is 0.273. The van der Waals surface area contributed by atoms with Gasteiger partial charge in [0.1, 0.15) is 0 Å². The first-order chi connectivity index (χ1) is 8.20. The van der Waals surface area contributed by atoms with E-state index in [1.54, 1.807) is 17.8 Å². The lowest BCUT2D eigenvalue weighted by Crippen LogP contribution is -2.25. The van der Waals surface area contributed by atoms with Crippen molar-refractivity contribution in [2.45, 2.75) is 0 Å². The maximum Gasteiger partial charge on any atom is 0.251 e. The molecule has 2 aromatic rings. The van der Waals surface area contributed by atoms with Crippen LogP contribution < -0.4 is 11.1 Å². The van der Waals surface area contributed by atoms with Crippen molar-refractivity contribution in [3.63, 3.8) is 0 Å². The van der Waals surface area contributed by atoms with Gasteiger partial charge < -0.3 is 11.1 Å². The molecule has 0 aliphatic carbocycles. The van der Waals surface area contributed by atoms with E-state index in [4.69, 9.17) is 5.73 Å². The quantitative estimate of drug-likeness (QED) is 0.831. The van der Waals surface area contributed by atoms with Gasteiger partial charge in [0.15, 0.2) is 5.13 Å². The Balaban J connectivity index is 2.15. The topological polar surface area (TPSA) is 68.0 Å². The molecule has 1 aromatic heterocycles. The summed E-state index contributed by atoms with van der Waals surface area (Å²) in [6, 6.07) is 5.43. The maximum absolute atomic E-state index is 11.8. The minimum Gasteiger partial charge on any atom is -0.375 e. The Hall–Kier alpha value is -1.27. The Labute approximate surface area is 108 Å². The van der Waals surface area contributed by atoms with E-state index in [0.717, 1.165) is 16.0 Å². The Morgan fingerprint density at radius 2 is 2.41 bits per heavy atom. The summed E-state index contributed by atoms with van der Waals surface area (Å²) in [4.78, 5) is 16.0.